The molecule has 2 N–H and O–H groups in total. The van der Waals surface area contributed by atoms with Crippen LogP contribution in [-0.4, -0.2) is 43.4 Å². The average molecular weight is 413 g/mol. The molecule has 0 spiro atoms. The number of para-hydroxylation sites is 1. The summed E-state index contributed by atoms with van der Waals surface area (Å²) in [5, 5.41) is 13.1. The lowest BCUT2D eigenvalue weighted by atomic mass is 9.95. The van der Waals surface area contributed by atoms with Crippen LogP contribution in [0.2, 0.25) is 0 Å². The number of carbonyl (C=O) groups is 1. The van der Waals surface area contributed by atoms with Gasteiger partial charge in [0.15, 0.2) is 11.5 Å². The van der Waals surface area contributed by atoms with Crippen LogP contribution in [0.25, 0.3) is 0 Å². The van der Waals surface area contributed by atoms with E-state index in [4.69, 9.17) is 9.47 Å². The van der Waals surface area contributed by atoms with Crippen molar-refractivity contribution in [1.29, 1.82) is 0 Å². The van der Waals surface area contributed by atoms with Crippen LogP contribution < -0.4 is 19.7 Å². The van der Waals surface area contributed by atoms with Crippen molar-refractivity contribution >= 4 is 11.6 Å². The average Bonchev–Trinajstić information content (AvgIpc) is 2.96. The summed E-state index contributed by atoms with van der Waals surface area (Å²) in [6.45, 7) is 7.71. The first kappa shape index (κ1) is 22.0. The number of nitrogens with zero attached hydrogens (tertiary/aromatic N) is 1. The lowest BCUT2D eigenvalue weighted by Crippen LogP contribution is -2.42. The first-order valence-electron chi connectivity index (χ1n) is 10.6. The third-order valence-electron chi connectivity index (χ3n) is 5.05. The van der Waals surface area contributed by atoms with Crippen LogP contribution in [0, 0.1) is 5.92 Å². The molecule has 1 amide bonds. The zero-order valence-electron chi connectivity index (χ0n) is 18.0. The number of aliphatic hydroxyl groups excluding tert-OH is 1. The van der Waals surface area contributed by atoms with Crippen molar-refractivity contribution in [3.63, 3.8) is 0 Å². The van der Waals surface area contributed by atoms with Gasteiger partial charge in [0.2, 0.25) is 5.91 Å². The van der Waals surface area contributed by atoms with Crippen molar-refractivity contribution in [1.82, 2.24) is 5.32 Å². The molecule has 2 atom stereocenters. The topological polar surface area (TPSA) is 71.0 Å². The predicted molar refractivity (Wildman–Crippen MR) is 118 cm³/mol. The summed E-state index contributed by atoms with van der Waals surface area (Å²) in [5.74, 6) is 1.58. The van der Waals surface area contributed by atoms with Crippen molar-refractivity contribution < 1.29 is 19.4 Å². The number of fused-ring (bicyclic) bond motifs is 1. The fourth-order valence-corrected chi connectivity index (χ4v) is 3.62. The number of amides is 1. The Hall–Kier alpha value is -2.73. The van der Waals surface area contributed by atoms with Gasteiger partial charge in [-0.2, -0.15) is 0 Å². The molecule has 30 heavy (non-hydrogen) atoms. The second-order valence-corrected chi connectivity index (χ2v) is 8.11. The summed E-state index contributed by atoms with van der Waals surface area (Å²) in [4.78, 5) is 14.8. The van der Waals surface area contributed by atoms with Crippen LogP contribution in [0.15, 0.2) is 48.5 Å². The fourth-order valence-electron chi connectivity index (χ4n) is 3.62. The van der Waals surface area contributed by atoms with Gasteiger partial charge >= 0.3 is 0 Å². The van der Waals surface area contributed by atoms with E-state index in [1.807, 2.05) is 53.4 Å². The number of aliphatic hydroxyl groups is 1. The van der Waals surface area contributed by atoms with Gasteiger partial charge in [0.05, 0.1) is 31.9 Å². The standard InChI is InChI=1S/C24H32N2O4/c1-17(2)24(19-10-11-21-22(14-19)30-13-7-12-29-21)25-23(28)16-26(15-18(3)27)20-8-5-4-6-9-20/h4-6,8-11,14,17-18,24,27H,7,12-13,15-16H2,1-3H3,(H,25,28). The van der Waals surface area contributed by atoms with Gasteiger partial charge in [-0.05, 0) is 42.7 Å². The predicted octanol–water partition coefficient (Wildman–Crippen LogP) is 3.55. The molecule has 2 aromatic rings. The summed E-state index contributed by atoms with van der Waals surface area (Å²) in [5.41, 5.74) is 1.90. The smallest absolute Gasteiger partial charge is 0.240 e. The quantitative estimate of drug-likeness (QED) is 0.694. The summed E-state index contributed by atoms with van der Waals surface area (Å²) in [7, 11) is 0. The van der Waals surface area contributed by atoms with E-state index in [2.05, 4.69) is 19.2 Å². The Morgan fingerprint density at radius 2 is 1.77 bits per heavy atom. The number of carbonyl (C=O) groups excluding carboxylic acids is 1. The van der Waals surface area contributed by atoms with Crippen molar-refractivity contribution in [3.05, 3.63) is 54.1 Å². The van der Waals surface area contributed by atoms with Crippen molar-refractivity contribution in [2.45, 2.75) is 39.3 Å². The third kappa shape index (κ3) is 5.89. The molecule has 0 aromatic heterocycles. The van der Waals surface area contributed by atoms with E-state index in [0.29, 0.717) is 19.8 Å². The first-order chi connectivity index (χ1) is 14.4. The number of hydrogen-bond acceptors (Lipinski definition) is 5. The molecule has 1 aliphatic heterocycles. The maximum absolute atomic E-state index is 12.9. The van der Waals surface area contributed by atoms with Gasteiger partial charge in [-0.3, -0.25) is 4.79 Å². The third-order valence-corrected chi connectivity index (χ3v) is 5.05. The number of nitrogens with one attached hydrogen (secondary N) is 1. The second kappa shape index (κ2) is 10.3. The number of rotatable bonds is 8. The van der Waals surface area contributed by atoms with E-state index in [9.17, 15) is 9.90 Å². The van der Waals surface area contributed by atoms with Gasteiger partial charge in [0, 0.05) is 18.7 Å². The molecule has 0 fully saturated rings. The minimum atomic E-state index is -0.541. The Balaban J connectivity index is 1.74. The van der Waals surface area contributed by atoms with E-state index in [1.165, 1.54) is 0 Å². The molecule has 1 aliphatic rings. The number of hydrogen-bond donors (Lipinski definition) is 2. The maximum Gasteiger partial charge on any atom is 0.240 e. The van der Waals surface area contributed by atoms with Crippen LogP contribution in [-0.2, 0) is 4.79 Å². The monoisotopic (exact) mass is 412 g/mol. The summed E-state index contributed by atoms with van der Waals surface area (Å²) in [6.07, 6.45) is 0.313. The zero-order valence-corrected chi connectivity index (χ0v) is 18.0. The van der Waals surface area contributed by atoms with Gasteiger partial charge in [-0.1, -0.05) is 38.1 Å². The molecule has 6 nitrogen and oxygen atoms in total. The van der Waals surface area contributed by atoms with Gasteiger partial charge in [0.1, 0.15) is 0 Å². The highest BCUT2D eigenvalue weighted by atomic mass is 16.5. The van der Waals surface area contributed by atoms with E-state index >= 15 is 0 Å². The van der Waals surface area contributed by atoms with Crippen LogP contribution in [0.4, 0.5) is 5.69 Å². The van der Waals surface area contributed by atoms with E-state index in [0.717, 1.165) is 29.2 Å². The highest BCUT2D eigenvalue weighted by molar-refractivity contribution is 5.81. The minimum Gasteiger partial charge on any atom is -0.490 e. The molecular formula is C24H32N2O4. The number of benzene rings is 2. The Morgan fingerprint density at radius 3 is 2.43 bits per heavy atom. The molecule has 0 radical (unpaired) electrons. The summed E-state index contributed by atoms with van der Waals surface area (Å²) < 4.78 is 11.5. The SMILES string of the molecule is CC(O)CN(CC(=O)NC(c1ccc2c(c1)OCCCO2)C(C)C)c1ccccc1. The van der Waals surface area contributed by atoms with Gasteiger partial charge < -0.3 is 24.8 Å². The molecule has 0 saturated heterocycles. The second-order valence-electron chi connectivity index (χ2n) is 8.11. The Labute approximate surface area is 178 Å². The minimum absolute atomic E-state index is 0.0923. The highest BCUT2D eigenvalue weighted by Gasteiger charge is 2.22. The van der Waals surface area contributed by atoms with Gasteiger partial charge in [-0.25, -0.2) is 0 Å². The molecule has 2 unspecified atom stereocenters. The Morgan fingerprint density at radius 1 is 1.07 bits per heavy atom. The van der Waals surface area contributed by atoms with Gasteiger partial charge in [-0.15, -0.1) is 0 Å². The normalized spacial score (nSPS) is 15.2. The first-order valence-corrected chi connectivity index (χ1v) is 10.6. The Kier molecular flexibility index (Phi) is 7.57. The largest absolute Gasteiger partial charge is 0.490 e. The number of anilines is 1. The zero-order chi connectivity index (χ0) is 21.5. The molecule has 0 bridgehead atoms. The van der Waals surface area contributed by atoms with Crippen molar-refractivity contribution in [3.8, 4) is 11.5 Å². The molecular weight excluding hydrogens is 380 g/mol. The lowest BCUT2D eigenvalue weighted by Gasteiger charge is -2.28. The van der Waals surface area contributed by atoms with E-state index in [1.54, 1.807) is 6.92 Å². The van der Waals surface area contributed by atoms with Crippen LogP contribution in [0.3, 0.4) is 0 Å². The van der Waals surface area contributed by atoms with E-state index < -0.39 is 6.10 Å². The van der Waals surface area contributed by atoms with Crippen LogP contribution in [0.5, 0.6) is 11.5 Å². The van der Waals surface area contributed by atoms with Crippen LogP contribution >= 0.6 is 0 Å². The molecule has 0 saturated carbocycles. The highest BCUT2D eigenvalue weighted by Crippen LogP contribution is 2.34. The Bertz CT molecular complexity index is 823. The van der Waals surface area contributed by atoms with Crippen LogP contribution in [0.1, 0.15) is 38.8 Å². The number of ether oxygens (including phenoxy) is 2. The maximum atomic E-state index is 12.9. The molecule has 162 valence electrons. The molecule has 0 aliphatic carbocycles. The van der Waals surface area contributed by atoms with Crippen molar-refractivity contribution in [2.24, 2.45) is 5.92 Å². The summed E-state index contributed by atoms with van der Waals surface area (Å²) in [6, 6.07) is 15.4. The van der Waals surface area contributed by atoms with Crippen molar-refractivity contribution in [2.75, 3.05) is 31.2 Å². The molecule has 1 heterocycles. The van der Waals surface area contributed by atoms with E-state index in [-0.39, 0.29) is 24.4 Å². The molecule has 3 rings (SSSR count). The molecule has 6 heteroatoms. The molecule has 2 aromatic carbocycles. The fraction of sp³-hybridized carbons (Fsp3) is 0.458. The van der Waals surface area contributed by atoms with Gasteiger partial charge in [0.25, 0.3) is 0 Å². The lowest BCUT2D eigenvalue weighted by molar-refractivity contribution is -0.120. The summed E-state index contributed by atoms with van der Waals surface area (Å²) >= 11 is 0.